The SMILES string of the molecule is Cc1cc(C)c([N+](=O)[O-])cc1NC(=O)N(C)CC(C)C(=O)O. The van der Waals surface area contributed by atoms with Crippen molar-refractivity contribution < 1.29 is 19.6 Å². The van der Waals surface area contributed by atoms with Crippen LogP contribution in [-0.2, 0) is 4.79 Å². The lowest BCUT2D eigenvalue weighted by Crippen LogP contribution is -2.36. The highest BCUT2D eigenvalue weighted by Crippen LogP contribution is 2.26. The lowest BCUT2D eigenvalue weighted by Gasteiger charge is -2.20. The third-order valence-electron chi connectivity index (χ3n) is 3.30. The summed E-state index contributed by atoms with van der Waals surface area (Å²) in [6, 6.07) is 2.40. The molecule has 22 heavy (non-hydrogen) atoms. The number of carbonyl (C=O) groups excluding carboxylic acids is 1. The molecule has 0 aromatic heterocycles. The molecule has 1 aromatic rings. The number of nitrogens with one attached hydrogen (secondary N) is 1. The molecule has 2 N–H and O–H groups in total. The quantitative estimate of drug-likeness (QED) is 0.640. The fraction of sp³-hybridized carbons (Fsp3) is 0.429. The molecule has 0 spiro atoms. The molecular weight excluding hydrogens is 290 g/mol. The van der Waals surface area contributed by atoms with Crippen molar-refractivity contribution in [3.05, 3.63) is 33.4 Å². The third kappa shape index (κ3) is 4.18. The second-order valence-electron chi connectivity index (χ2n) is 5.26. The summed E-state index contributed by atoms with van der Waals surface area (Å²) >= 11 is 0. The van der Waals surface area contributed by atoms with Crippen molar-refractivity contribution >= 4 is 23.4 Å². The number of benzene rings is 1. The minimum atomic E-state index is -0.998. The number of nitro benzene ring substituents is 1. The van der Waals surface area contributed by atoms with E-state index in [4.69, 9.17) is 5.11 Å². The molecule has 1 rings (SSSR count). The van der Waals surface area contributed by atoms with E-state index < -0.39 is 22.8 Å². The molecule has 2 amide bonds. The summed E-state index contributed by atoms with van der Waals surface area (Å²) in [7, 11) is 1.46. The second kappa shape index (κ2) is 6.88. The van der Waals surface area contributed by atoms with Gasteiger partial charge in [0, 0.05) is 25.2 Å². The molecule has 0 fully saturated rings. The summed E-state index contributed by atoms with van der Waals surface area (Å²) in [5.74, 6) is -1.70. The van der Waals surface area contributed by atoms with E-state index in [0.29, 0.717) is 16.8 Å². The number of hydrogen-bond acceptors (Lipinski definition) is 4. The van der Waals surface area contributed by atoms with Crippen LogP contribution >= 0.6 is 0 Å². The Morgan fingerprint density at radius 2 is 1.95 bits per heavy atom. The highest BCUT2D eigenvalue weighted by atomic mass is 16.6. The lowest BCUT2D eigenvalue weighted by atomic mass is 10.1. The van der Waals surface area contributed by atoms with Crippen molar-refractivity contribution in [3.8, 4) is 0 Å². The van der Waals surface area contributed by atoms with Gasteiger partial charge in [0.15, 0.2) is 0 Å². The molecule has 0 heterocycles. The number of nitrogens with zero attached hydrogens (tertiary/aromatic N) is 2. The van der Waals surface area contributed by atoms with Crippen molar-refractivity contribution in [2.24, 2.45) is 5.92 Å². The molecule has 0 saturated heterocycles. The van der Waals surface area contributed by atoms with Gasteiger partial charge in [0.05, 0.1) is 16.5 Å². The van der Waals surface area contributed by atoms with Gasteiger partial charge in [-0.2, -0.15) is 0 Å². The summed E-state index contributed by atoms with van der Waals surface area (Å²) < 4.78 is 0. The number of rotatable bonds is 5. The first-order chi connectivity index (χ1) is 10.1. The Morgan fingerprint density at radius 1 is 1.36 bits per heavy atom. The molecule has 120 valence electrons. The van der Waals surface area contributed by atoms with E-state index >= 15 is 0 Å². The molecule has 0 radical (unpaired) electrons. The van der Waals surface area contributed by atoms with Crippen LogP contribution < -0.4 is 5.32 Å². The number of carbonyl (C=O) groups is 2. The fourth-order valence-corrected chi connectivity index (χ4v) is 1.95. The lowest BCUT2D eigenvalue weighted by molar-refractivity contribution is -0.385. The van der Waals surface area contributed by atoms with Crippen LogP contribution in [0.2, 0.25) is 0 Å². The van der Waals surface area contributed by atoms with Gasteiger partial charge in [-0.3, -0.25) is 14.9 Å². The minimum Gasteiger partial charge on any atom is -0.481 e. The van der Waals surface area contributed by atoms with E-state index in [9.17, 15) is 19.7 Å². The Hall–Kier alpha value is -2.64. The first kappa shape index (κ1) is 17.4. The Bertz CT molecular complexity index is 615. The van der Waals surface area contributed by atoms with E-state index in [1.54, 1.807) is 19.9 Å². The minimum absolute atomic E-state index is 0.0359. The van der Waals surface area contributed by atoms with Gasteiger partial charge in [0.1, 0.15) is 0 Å². The Labute approximate surface area is 127 Å². The number of aryl methyl sites for hydroxylation is 2. The van der Waals surface area contributed by atoms with Gasteiger partial charge in [-0.25, -0.2) is 4.79 Å². The Morgan fingerprint density at radius 3 is 2.45 bits per heavy atom. The molecule has 0 saturated carbocycles. The number of anilines is 1. The zero-order valence-electron chi connectivity index (χ0n) is 12.9. The monoisotopic (exact) mass is 309 g/mol. The number of carboxylic acids is 1. The van der Waals surface area contributed by atoms with Crippen LogP contribution in [0.1, 0.15) is 18.1 Å². The van der Waals surface area contributed by atoms with E-state index in [0.717, 1.165) is 0 Å². The standard InChI is InChI=1S/C14H19N3O5/c1-8-5-9(2)12(17(21)22)6-11(8)15-14(20)16(4)7-10(3)13(18)19/h5-6,10H,7H2,1-4H3,(H,15,20)(H,18,19). The molecule has 0 aliphatic carbocycles. The number of carboxylic acid groups (broad SMARTS) is 1. The number of aliphatic carboxylic acids is 1. The van der Waals surface area contributed by atoms with E-state index in [2.05, 4.69) is 5.32 Å². The van der Waals surface area contributed by atoms with Gasteiger partial charge in [-0.15, -0.1) is 0 Å². The Kier molecular flexibility index (Phi) is 5.44. The average Bonchev–Trinajstić information content (AvgIpc) is 2.40. The van der Waals surface area contributed by atoms with Gasteiger partial charge >= 0.3 is 12.0 Å². The number of nitro groups is 1. The number of amides is 2. The van der Waals surface area contributed by atoms with Crippen molar-refractivity contribution in [1.82, 2.24) is 4.90 Å². The van der Waals surface area contributed by atoms with Gasteiger partial charge in [-0.1, -0.05) is 6.92 Å². The summed E-state index contributed by atoms with van der Waals surface area (Å²) in [4.78, 5) is 34.5. The van der Waals surface area contributed by atoms with Crippen LogP contribution in [0.25, 0.3) is 0 Å². The number of urea groups is 1. The van der Waals surface area contributed by atoms with Crippen LogP contribution in [0.4, 0.5) is 16.2 Å². The maximum atomic E-state index is 12.0. The molecule has 0 aliphatic rings. The molecule has 8 nitrogen and oxygen atoms in total. The maximum Gasteiger partial charge on any atom is 0.321 e. The van der Waals surface area contributed by atoms with Gasteiger partial charge in [0.25, 0.3) is 5.69 Å². The topological polar surface area (TPSA) is 113 Å². The molecule has 1 atom stereocenters. The highest BCUT2D eigenvalue weighted by molar-refractivity contribution is 5.90. The first-order valence-electron chi connectivity index (χ1n) is 6.64. The molecule has 8 heteroatoms. The highest BCUT2D eigenvalue weighted by Gasteiger charge is 2.19. The van der Waals surface area contributed by atoms with Crippen LogP contribution in [-0.4, -0.2) is 40.5 Å². The average molecular weight is 309 g/mol. The molecule has 1 aromatic carbocycles. The van der Waals surface area contributed by atoms with Crippen LogP contribution in [0, 0.1) is 29.9 Å². The molecule has 1 unspecified atom stereocenters. The summed E-state index contributed by atoms with van der Waals surface area (Å²) in [6.07, 6.45) is 0. The molecular formula is C14H19N3O5. The predicted molar refractivity (Wildman–Crippen MR) is 81.0 cm³/mol. The summed E-state index contributed by atoms with van der Waals surface area (Å²) in [5, 5.41) is 22.4. The van der Waals surface area contributed by atoms with Crippen molar-refractivity contribution in [1.29, 1.82) is 0 Å². The second-order valence-corrected chi connectivity index (χ2v) is 5.26. The zero-order valence-corrected chi connectivity index (χ0v) is 12.9. The van der Waals surface area contributed by atoms with E-state index in [1.165, 1.54) is 24.9 Å². The fourth-order valence-electron chi connectivity index (χ4n) is 1.95. The van der Waals surface area contributed by atoms with Crippen molar-refractivity contribution in [2.45, 2.75) is 20.8 Å². The van der Waals surface area contributed by atoms with Crippen LogP contribution in [0.3, 0.4) is 0 Å². The Balaban J connectivity index is 2.90. The van der Waals surface area contributed by atoms with Gasteiger partial charge in [0.2, 0.25) is 0 Å². The van der Waals surface area contributed by atoms with E-state index in [1.807, 2.05) is 0 Å². The molecule has 0 bridgehead atoms. The van der Waals surface area contributed by atoms with Crippen molar-refractivity contribution in [2.75, 3.05) is 18.9 Å². The normalized spacial score (nSPS) is 11.6. The van der Waals surface area contributed by atoms with Crippen LogP contribution in [0.15, 0.2) is 12.1 Å². The number of hydrogen-bond donors (Lipinski definition) is 2. The van der Waals surface area contributed by atoms with Gasteiger partial charge < -0.3 is 15.3 Å². The smallest absolute Gasteiger partial charge is 0.321 e. The van der Waals surface area contributed by atoms with Gasteiger partial charge in [-0.05, 0) is 25.5 Å². The molecule has 0 aliphatic heterocycles. The third-order valence-corrected chi connectivity index (χ3v) is 3.30. The summed E-state index contributed by atoms with van der Waals surface area (Å²) in [5.41, 5.74) is 1.45. The largest absolute Gasteiger partial charge is 0.481 e. The van der Waals surface area contributed by atoms with Crippen LogP contribution in [0.5, 0.6) is 0 Å². The first-order valence-corrected chi connectivity index (χ1v) is 6.64. The predicted octanol–water partition coefficient (Wildman–Crippen LogP) is 2.40. The van der Waals surface area contributed by atoms with E-state index in [-0.39, 0.29) is 12.2 Å². The summed E-state index contributed by atoms with van der Waals surface area (Å²) in [6.45, 7) is 4.88. The van der Waals surface area contributed by atoms with Crippen molar-refractivity contribution in [3.63, 3.8) is 0 Å². The maximum absolute atomic E-state index is 12.0. The zero-order chi connectivity index (χ0) is 17.0.